The standard InChI is InChI=1S/C12H19N3O4S2/c1-3-4-9-10(11(16)17)20-12(13-9)14-5-7-15(8-6-14)21(2,18)19/h3-8H2,1-2H3,(H,16,17). The van der Waals surface area contributed by atoms with E-state index < -0.39 is 16.0 Å². The van der Waals surface area contributed by atoms with Crippen LogP contribution in [0, 0.1) is 0 Å². The number of aromatic carboxylic acids is 1. The third-order valence-corrected chi connectivity index (χ3v) is 5.79. The molecule has 2 heterocycles. The Bertz CT molecular complexity index is 618. The fraction of sp³-hybridized carbons (Fsp3) is 0.667. The van der Waals surface area contributed by atoms with Crippen molar-refractivity contribution in [3.63, 3.8) is 0 Å². The highest BCUT2D eigenvalue weighted by Crippen LogP contribution is 2.28. The van der Waals surface area contributed by atoms with E-state index in [1.165, 1.54) is 21.9 Å². The van der Waals surface area contributed by atoms with Gasteiger partial charge in [-0.2, -0.15) is 4.31 Å². The number of anilines is 1. The maximum atomic E-state index is 11.5. The zero-order valence-corrected chi connectivity index (χ0v) is 13.7. The monoisotopic (exact) mass is 333 g/mol. The van der Waals surface area contributed by atoms with Gasteiger partial charge in [0.05, 0.1) is 11.9 Å². The summed E-state index contributed by atoms with van der Waals surface area (Å²) in [5.74, 6) is -0.947. The summed E-state index contributed by atoms with van der Waals surface area (Å²) < 4.78 is 24.4. The zero-order valence-electron chi connectivity index (χ0n) is 12.1. The molecule has 1 aliphatic heterocycles. The Morgan fingerprint density at radius 3 is 2.43 bits per heavy atom. The topological polar surface area (TPSA) is 90.8 Å². The Balaban J connectivity index is 2.13. The number of hydrogen-bond donors (Lipinski definition) is 1. The van der Waals surface area contributed by atoms with Crippen molar-refractivity contribution in [1.82, 2.24) is 9.29 Å². The van der Waals surface area contributed by atoms with Crippen LogP contribution in [0.5, 0.6) is 0 Å². The molecule has 0 radical (unpaired) electrons. The number of aromatic nitrogens is 1. The van der Waals surface area contributed by atoms with Crippen molar-refractivity contribution in [3.8, 4) is 0 Å². The number of rotatable bonds is 5. The van der Waals surface area contributed by atoms with Crippen molar-refractivity contribution in [2.45, 2.75) is 19.8 Å². The van der Waals surface area contributed by atoms with Crippen LogP contribution in [0.4, 0.5) is 5.13 Å². The molecule has 2 rings (SSSR count). The van der Waals surface area contributed by atoms with Crippen LogP contribution in [0.1, 0.15) is 28.7 Å². The van der Waals surface area contributed by atoms with E-state index in [1.54, 1.807) is 0 Å². The van der Waals surface area contributed by atoms with Crippen LogP contribution in [-0.2, 0) is 16.4 Å². The Morgan fingerprint density at radius 1 is 1.33 bits per heavy atom. The molecule has 0 bridgehead atoms. The predicted molar refractivity (Wildman–Crippen MR) is 81.7 cm³/mol. The molecule has 21 heavy (non-hydrogen) atoms. The van der Waals surface area contributed by atoms with Gasteiger partial charge in [-0.25, -0.2) is 18.2 Å². The van der Waals surface area contributed by atoms with Gasteiger partial charge in [-0.05, 0) is 6.42 Å². The van der Waals surface area contributed by atoms with E-state index in [9.17, 15) is 18.3 Å². The van der Waals surface area contributed by atoms with Crippen LogP contribution in [0.2, 0.25) is 0 Å². The van der Waals surface area contributed by atoms with Crippen molar-refractivity contribution in [3.05, 3.63) is 10.6 Å². The molecule has 1 saturated heterocycles. The fourth-order valence-electron chi connectivity index (χ4n) is 2.26. The molecule has 0 aliphatic carbocycles. The molecule has 1 aromatic heterocycles. The van der Waals surface area contributed by atoms with Gasteiger partial charge in [0, 0.05) is 26.2 Å². The molecule has 0 saturated carbocycles. The zero-order chi connectivity index (χ0) is 15.6. The first-order chi connectivity index (χ1) is 9.82. The Hall–Kier alpha value is -1.19. The van der Waals surface area contributed by atoms with Crippen molar-refractivity contribution >= 4 is 32.5 Å². The molecule has 0 aromatic carbocycles. The molecule has 0 spiro atoms. The van der Waals surface area contributed by atoms with Crippen molar-refractivity contribution < 1.29 is 18.3 Å². The highest BCUT2D eigenvalue weighted by molar-refractivity contribution is 7.88. The van der Waals surface area contributed by atoms with Gasteiger partial charge in [-0.1, -0.05) is 24.7 Å². The second-order valence-electron chi connectivity index (χ2n) is 4.98. The van der Waals surface area contributed by atoms with Crippen molar-refractivity contribution in [2.24, 2.45) is 0 Å². The van der Waals surface area contributed by atoms with E-state index in [0.717, 1.165) is 6.42 Å². The first-order valence-corrected chi connectivity index (χ1v) is 9.42. The van der Waals surface area contributed by atoms with E-state index in [-0.39, 0.29) is 4.88 Å². The lowest BCUT2D eigenvalue weighted by molar-refractivity contribution is 0.0700. The fourth-order valence-corrected chi connectivity index (χ4v) is 4.09. The Labute approximate surface area is 128 Å². The molecule has 118 valence electrons. The van der Waals surface area contributed by atoms with Gasteiger partial charge in [0.1, 0.15) is 4.88 Å². The molecule has 1 aliphatic rings. The van der Waals surface area contributed by atoms with Crippen LogP contribution in [0.3, 0.4) is 0 Å². The summed E-state index contributed by atoms with van der Waals surface area (Å²) in [6, 6.07) is 0. The number of carbonyl (C=O) groups is 1. The number of carboxylic acids is 1. The maximum Gasteiger partial charge on any atom is 0.347 e. The highest BCUT2D eigenvalue weighted by atomic mass is 32.2. The molecule has 9 heteroatoms. The molecule has 0 atom stereocenters. The first kappa shape index (κ1) is 16.2. The molecule has 1 N–H and O–H groups in total. The lowest BCUT2D eigenvalue weighted by atomic mass is 10.2. The van der Waals surface area contributed by atoms with Crippen molar-refractivity contribution in [1.29, 1.82) is 0 Å². The van der Waals surface area contributed by atoms with Crippen LogP contribution in [0.25, 0.3) is 0 Å². The summed E-state index contributed by atoms with van der Waals surface area (Å²) in [6.45, 7) is 3.86. The smallest absolute Gasteiger partial charge is 0.347 e. The molecule has 0 amide bonds. The molecule has 7 nitrogen and oxygen atoms in total. The Kier molecular flexibility index (Phi) is 4.84. The molecule has 1 aromatic rings. The minimum Gasteiger partial charge on any atom is -0.477 e. The summed E-state index contributed by atoms with van der Waals surface area (Å²) in [4.78, 5) is 17.9. The molecular formula is C12H19N3O4S2. The van der Waals surface area contributed by atoms with E-state index in [1.807, 2.05) is 11.8 Å². The van der Waals surface area contributed by atoms with E-state index in [2.05, 4.69) is 4.98 Å². The second kappa shape index (κ2) is 6.29. The quantitative estimate of drug-likeness (QED) is 0.860. The van der Waals surface area contributed by atoms with Gasteiger partial charge in [0.25, 0.3) is 0 Å². The third kappa shape index (κ3) is 3.72. The maximum absolute atomic E-state index is 11.5. The Morgan fingerprint density at radius 2 is 1.95 bits per heavy atom. The van der Waals surface area contributed by atoms with Gasteiger partial charge < -0.3 is 10.0 Å². The minimum absolute atomic E-state index is 0.289. The van der Waals surface area contributed by atoms with E-state index >= 15 is 0 Å². The van der Waals surface area contributed by atoms with Crippen LogP contribution in [-0.4, -0.2) is 61.2 Å². The first-order valence-electron chi connectivity index (χ1n) is 6.76. The number of thiazole rings is 1. The number of sulfonamides is 1. The molecular weight excluding hydrogens is 314 g/mol. The van der Waals surface area contributed by atoms with Gasteiger partial charge in [0.15, 0.2) is 5.13 Å². The number of carboxylic acid groups (broad SMARTS) is 1. The molecule has 1 fully saturated rings. The lowest BCUT2D eigenvalue weighted by Gasteiger charge is -2.32. The normalized spacial score (nSPS) is 17.1. The van der Waals surface area contributed by atoms with E-state index in [4.69, 9.17) is 0 Å². The predicted octanol–water partition coefficient (Wildman–Crippen LogP) is 0.875. The molecule has 0 unspecified atom stereocenters. The van der Waals surface area contributed by atoms with Gasteiger partial charge >= 0.3 is 5.97 Å². The minimum atomic E-state index is -3.16. The second-order valence-corrected chi connectivity index (χ2v) is 7.94. The highest BCUT2D eigenvalue weighted by Gasteiger charge is 2.26. The van der Waals surface area contributed by atoms with Crippen molar-refractivity contribution in [2.75, 3.05) is 37.3 Å². The number of nitrogens with zero attached hydrogens (tertiary/aromatic N) is 3. The van der Waals surface area contributed by atoms with Crippen LogP contribution < -0.4 is 4.90 Å². The van der Waals surface area contributed by atoms with Crippen LogP contribution in [0.15, 0.2) is 0 Å². The van der Waals surface area contributed by atoms with Gasteiger partial charge in [-0.3, -0.25) is 0 Å². The largest absolute Gasteiger partial charge is 0.477 e. The lowest BCUT2D eigenvalue weighted by Crippen LogP contribution is -2.48. The number of hydrogen-bond acceptors (Lipinski definition) is 6. The summed E-state index contributed by atoms with van der Waals surface area (Å²) >= 11 is 1.17. The number of aryl methyl sites for hydroxylation is 1. The SMILES string of the molecule is CCCc1nc(N2CCN(S(C)(=O)=O)CC2)sc1C(=O)O. The summed E-state index contributed by atoms with van der Waals surface area (Å²) in [5.41, 5.74) is 0.621. The van der Waals surface area contributed by atoms with E-state index in [0.29, 0.717) is 43.4 Å². The number of piperazine rings is 1. The summed E-state index contributed by atoms with van der Waals surface area (Å²) in [7, 11) is -3.16. The average molecular weight is 333 g/mol. The summed E-state index contributed by atoms with van der Waals surface area (Å²) in [6.07, 6.45) is 2.68. The average Bonchev–Trinajstić information content (AvgIpc) is 2.82. The van der Waals surface area contributed by atoms with Gasteiger partial charge in [0.2, 0.25) is 10.0 Å². The third-order valence-electron chi connectivity index (χ3n) is 3.35. The van der Waals surface area contributed by atoms with Gasteiger partial charge in [-0.15, -0.1) is 0 Å². The summed E-state index contributed by atoms with van der Waals surface area (Å²) in [5, 5.41) is 9.89. The van der Waals surface area contributed by atoms with Crippen LogP contribution >= 0.6 is 11.3 Å².